The average molecular weight is 476 g/mol. The van der Waals surface area contributed by atoms with Gasteiger partial charge < -0.3 is 4.57 Å². The Labute approximate surface area is 184 Å². The van der Waals surface area contributed by atoms with Crippen LogP contribution in [0.2, 0.25) is 0 Å². The van der Waals surface area contributed by atoms with Gasteiger partial charge >= 0.3 is 0 Å². The van der Waals surface area contributed by atoms with Crippen molar-refractivity contribution >= 4 is 32.3 Å². The molecule has 32 heavy (non-hydrogen) atoms. The summed E-state index contributed by atoms with van der Waals surface area (Å²) in [5.74, 6) is 0. The van der Waals surface area contributed by atoms with E-state index in [4.69, 9.17) is 0 Å². The topological polar surface area (TPSA) is 131 Å². The molecule has 1 aromatic carbocycles. The van der Waals surface area contributed by atoms with E-state index in [1.165, 1.54) is 23.0 Å². The fourth-order valence-electron chi connectivity index (χ4n) is 3.25. The summed E-state index contributed by atoms with van der Waals surface area (Å²) in [6.45, 7) is 0. The molecule has 10 nitrogen and oxygen atoms in total. The molecule has 0 radical (unpaired) electrons. The molecule has 0 bridgehead atoms. The number of nitrogens with one attached hydrogen (secondary N) is 1. The van der Waals surface area contributed by atoms with Crippen molar-refractivity contribution in [2.45, 2.75) is 29.7 Å². The maximum atomic E-state index is 13.1. The molecule has 3 aromatic heterocycles. The number of hydrogen-bond acceptors (Lipinski definition) is 8. The first-order chi connectivity index (χ1) is 15.2. The molecular formula is C18H14F2N8O2S2. The number of fused-ring (bicyclic) bond motifs is 1. The number of halogens is 2. The molecule has 5 rings (SSSR count). The zero-order valence-electron chi connectivity index (χ0n) is 16.4. The highest BCUT2D eigenvalue weighted by Crippen LogP contribution is 2.38. The van der Waals surface area contributed by atoms with Gasteiger partial charge in [-0.2, -0.15) is 15.1 Å². The van der Waals surface area contributed by atoms with E-state index in [1.807, 2.05) is 6.07 Å². The number of sulfonamides is 1. The number of hydrogen-bond donors (Lipinski definition) is 1. The maximum Gasteiger partial charge on any atom is 0.291 e. The fourth-order valence-corrected chi connectivity index (χ4v) is 5.34. The first-order valence-electron chi connectivity index (χ1n) is 9.29. The van der Waals surface area contributed by atoms with Gasteiger partial charge in [-0.15, -0.1) is 10.2 Å². The third-order valence-corrected chi connectivity index (χ3v) is 7.47. The van der Waals surface area contributed by atoms with Gasteiger partial charge in [-0.25, -0.2) is 26.9 Å². The van der Waals surface area contributed by atoms with E-state index in [0.717, 1.165) is 0 Å². The molecular weight excluding hydrogens is 462 g/mol. The van der Waals surface area contributed by atoms with E-state index in [-0.39, 0.29) is 10.0 Å². The highest BCUT2D eigenvalue weighted by molar-refractivity contribution is 7.89. The second-order valence-electron chi connectivity index (χ2n) is 7.41. The summed E-state index contributed by atoms with van der Waals surface area (Å²) < 4.78 is 57.6. The number of rotatable bonds is 6. The number of aromatic nitrogens is 6. The maximum absolute atomic E-state index is 13.1. The normalized spacial score (nSPS) is 15.3. The Hall–Kier alpha value is -3.28. The molecule has 164 valence electrons. The van der Waals surface area contributed by atoms with Crippen LogP contribution in [0.5, 0.6) is 0 Å². The molecule has 0 aliphatic heterocycles. The lowest BCUT2D eigenvalue weighted by molar-refractivity contribution is 0.150. The molecule has 1 N–H and O–H groups in total. The van der Waals surface area contributed by atoms with Gasteiger partial charge in [-0.1, -0.05) is 11.3 Å². The number of nitriles is 1. The van der Waals surface area contributed by atoms with Crippen LogP contribution in [0.3, 0.4) is 0 Å². The van der Waals surface area contributed by atoms with E-state index in [0.29, 0.717) is 46.3 Å². The second-order valence-corrected chi connectivity index (χ2v) is 10.1. The van der Waals surface area contributed by atoms with Crippen LogP contribution in [0.4, 0.5) is 8.78 Å². The third kappa shape index (κ3) is 3.44. The molecule has 1 aliphatic carbocycles. The van der Waals surface area contributed by atoms with Crippen molar-refractivity contribution in [2.75, 3.05) is 0 Å². The van der Waals surface area contributed by atoms with Crippen molar-refractivity contribution in [3.05, 3.63) is 35.9 Å². The highest BCUT2D eigenvalue weighted by Gasteiger charge is 2.47. The first kappa shape index (κ1) is 20.6. The van der Waals surface area contributed by atoms with Crippen molar-refractivity contribution in [1.82, 2.24) is 34.3 Å². The summed E-state index contributed by atoms with van der Waals surface area (Å²) in [7, 11) is -2.29. The Kier molecular flexibility index (Phi) is 4.59. The lowest BCUT2D eigenvalue weighted by Gasteiger charge is -2.12. The van der Waals surface area contributed by atoms with E-state index in [9.17, 15) is 22.5 Å². The van der Waals surface area contributed by atoms with Crippen LogP contribution >= 0.6 is 11.3 Å². The van der Waals surface area contributed by atoms with Crippen LogP contribution in [0.25, 0.3) is 27.3 Å². The summed E-state index contributed by atoms with van der Waals surface area (Å²) in [6.07, 6.45) is 2.85. The molecule has 1 saturated carbocycles. The monoisotopic (exact) mass is 476 g/mol. The molecule has 0 amide bonds. The number of benzene rings is 1. The number of aryl methyl sites for hydroxylation is 1. The highest BCUT2D eigenvalue weighted by atomic mass is 32.2. The molecule has 14 heteroatoms. The Morgan fingerprint density at radius 2 is 2.09 bits per heavy atom. The quantitative estimate of drug-likeness (QED) is 0.452. The van der Waals surface area contributed by atoms with Gasteiger partial charge in [0.1, 0.15) is 5.54 Å². The van der Waals surface area contributed by atoms with Crippen molar-refractivity contribution in [2.24, 2.45) is 7.05 Å². The molecule has 1 aliphatic rings. The van der Waals surface area contributed by atoms with Crippen LogP contribution in [0, 0.1) is 11.3 Å². The predicted octanol–water partition coefficient (Wildman–Crippen LogP) is 2.55. The lowest BCUT2D eigenvalue weighted by atomic mass is 10.1. The minimum absolute atomic E-state index is 0.0699. The average Bonchev–Trinajstić information content (AvgIpc) is 3.14. The Bertz CT molecular complexity index is 1490. The van der Waals surface area contributed by atoms with Gasteiger partial charge in [0, 0.05) is 24.2 Å². The van der Waals surface area contributed by atoms with Gasteiger partial charge in [0.05, 0.1) is 34.7 Å². The van der Waals surface area contributed by atoms with E-state index in [2.05, 4.69) is 25.0 Å². The van der Waals surface area contributed by atoms with Crippen LogP contribution in [0.15, 0.2) is 35.7 Å². The van der Waals surface area contributed by atoms with E-state index >= 15 is 0 Å². The number of alkyl halides is 2. The first-order valence-corrected chi connectivity index (χ1v) is 11.6. The molecule has 1 fully saturated rings. The minimum Gasteiger partial charge on any atom is -0.340 e. The van der Waals surface area contributed by atoms with Gasteiger partial charge in [-0.3, -0.25) is 0 Å². The van der Waals surface area contributed by atoms with Crippen molar-refractivity contribution < 1.29 is 17.2 Å². The van der Waals surface area contributed by atoms with Gasteiger partial charge in [0.15, 0.2) is 5.01 Å². The summed E-state index contributed by atoms with van der Waals surface area (Å²) >= 11 is 0.657. The zero-order valence-corrected chi connectivity index (χ0v) is 18.0. The third-order valence-electron chi connectivity index (χ3n) is 5.04. The van der Waals surface area contributed by atoms with Gasteiger partial charge in [-0.05, 0) is 25.0 Å². The minimum atomic E-state index is -4.07. The molecule has 3 heterocycles. The van der Waals surface area contributed by atoms with Crippen LogP contribution < -0.4 is 4.72 Å². The molecule has 0 unspecified atom stereocenters. The lowest BCUT2D eigenvalue weighted by Crippen LogP contribution is -2.35. The molecule has 4 aromatic rings. The van der Waals surface area contributed by atoms with Crippen molar-refractivity contribution in [3.63, 3.8) is 0 Å². The van der Waals surface area contributed by atoms with Crippen molar-refractivity contribution in [1.29, 1.82) is 5.26 Å². The Morgan fingerprint density at radius 3 is 2.69 bits per heavy atom. The van der Waals surface area contributed by atoms with Crippen LogP contribution in [0.1, 0.15) is 24.3 Å². The van der Waals surface area contributed by atoms with Gasteiger partial charge in [0.25, 0.3) is 6.43 Å². The molecule has 0 spiro atoms. The summed E-state index contributed by atoms with van der Waals surface area (Å²) in [5.41, 5.74) is 0.202. The molecule has 0 saturated heterocycles. The predicted molar refractivity (Wildman–Crippen MR) is 110 cm³/mol. The zero-order chi connectivity index (χ0) is 22.7. The number of imidazole rings is 1. The van der Waals surface area contributed by atoms with Crippen molar-refractivity contribution in [3.8, 4) is 22.5 Å². The fraction of sp³-hybridized carbons (Fsp3) is 0.278. The Morgan fingerprint density at radius 1 is 1.31 bits per heavy atom. The van der Waals surface area contributed by atoms with Crippen LogP contribution in [-0.4, -0.2) is 43.5 Å². The van der Waals surface area contributed by atoms with Gasteiger partial charge in [0.2, 0.25) is 15.2 Å². The summed E-state index contributed by atoms with van der Waals surface area (Å²) in [6, 6.07) is 4.82. The molecule has 0 atom stereocenters. The summed E-state index contributed by atoms with van der Waals surface area (Å²) in [5, 5.41) is 20.9. The standard InChI is InChI=1S/C18H14F2N8O2S2/c1-27-7-13(22-9-27)11-4-10(32(29,30)26-18(8-21)2-3-18)5-14-12(11)6-23-28(14)17-25-24-16(31-17)15(19)20/h4-7,9,15,26H,2-3H2,1H3. The smallest absolute Gasteiger partial charge is 0.291 e. The van der Waals surface area contributed by atoms with E-state index < -0.39 is 27.0 Å². The SMILES string of the molecule is Cn1cnc(-c2cc(S(=O)(=O)NC3(C#N)CC3)cc3c2cnn3-c2nnc(C(F)F)s2)c1. The Balaban J connectivity index is 1.71. The van der Waals surface area contributed by atoms with Crippen LogP contribution in [-0.2, 0) is 17.1 Å². The summed E-state index contributed by atoms with van der Waals surface area (Å²) in [4.78, 5) is 4.20. The largest absolute Gasteiger partial charge is 0.340 e. The van der Waals surface area contributed by atoms with E-state index in [1.54, 1.807) is 24.1 Å². The second kappa shape index (κ2) is 7.12. The number of nitrogens with zero attached hydrogens (tertiary/aromatic N) is 7.